The largest absolute Gasteiger partial charge is 0.492 e. The van der Waals surface area contributed by atoms with Gasteiger partial charge in [0.1, 0.15) is 5.84 Å². The summed E-state index contributed by atoms with van der Waals surface area (Å²) < 4.78 is 7.38. The highest BCUT2D eigenvalue weighted by Crippen LogP contribution is 2.32. The lowest BCUT2D eigenvalue weighted by molar-refractivity contribution is -0.0371. The van der Waals surface area contributed by atoms with Crippen LogP contribution in [0.4, 0.5) is 0 Å². The van der Waals surface area contributed by atoms with Gasteiger partial charge in [-0.15, -0.1) is 5.10 Å². The van der Waals surface area contributed by atoms with Gasteiger partial charge < -0.3 is 15.6 Å². The molecule has 0 amide bonds. The maximum absolute atomic E-state index is 10.0. The maximum atomic E-state index is 10.0. The Morgan fingerprint density at radius 1 is 1.47 bits per heavy atom. The summed E-state index contributed by atoms with van der Waals surface area (Å²) in [6.07, 6.45) is 2.86. The first-order valence-electron chi connectivity index (χ1n) is 6.34. The third kappa shape index (κ3) is 1.94. The van der Waals surface area contributed by atoms with Crippen molar-refractivity contribution >= 4 is 16.7 Å². The normalized spacial score (nSPS) is 19.7. The van der Waals surface area contributed by atoms with Crippen molar-refractivity contribution in [1.29, 1.82) is 5.41 Å². The fraction of sp³-hybridized carbons (Fsp3) is 0.385. The Labute approximate surface area is 110 Å². The zero-order valence-corrected chi connectivity index (χ0v) is 10.5. The molecule has 1 aliphatic rings. The predicted octanol–water partition coefficient (Wildman–Crippen LogP) is 1.73. The molecule has 100 valence electrons. The molecule has 6 nitrogen and oxygen atoms in total. The number of nitrogens with zero attached hydrogens (tertiary/aromatic N) is 2. The van der Waals surface area contributed by atoms with Crippen LogP contribution in [0.1, 0.15) is 31.1 Å². The number of nitrogen functional groups attached to an aromatic ring is 1. The molecule has 1 saturated heterocycles. The molecule has 1 unspecified atom stereocenters. The minimum Gasteiger partial charge on any atom is -0.492 e. The van der Waals surface area contributed by atoms with Crippen molar-refractivity contribution in [3.05, 3.63) is 23.8 Å². The van der Waals surface area contributed by atoms with Crippen LogP contribution in [0.2, 0.25) is 0 Å². The number of amidine groups is 1. The lowest BCUT2D eigenvalue weighted by Gasteiger charge is -2.23. The third-order valence-corrected chi connectivity index (χ3v) is 3.43. The third-order valence-electron chi connectivity index (χ3n) is 3.43. The molecule has 0 bridgehead atoms. The quantitative estimate of drug-likeness (QED) is 0.565. The summed E-state index contributed by atoms with van der Waals surface area (Å²) >= 11 is 0. The van der Waals surface area contributed by atoms with Crippen LogP contribution in [-0.4, -0.2) is 27.3 Å². The number of aromatic nitrogens is 2. The molecule has 2 heterocycles. The van der Waals surface area contributed by atoms with E-state index in [1.165, 1.54) is 0 Å². The summed E-state index contributed by atoms with van der Waals surface area (Å²) in [6.45, 7) is 0.708. The van der Waals surface area contributed by atoms with Crippen LogP contribution in [-0.2, 0) is 4.74 Å². The molecule has 19 heavy (non-hydrogen) atoms. The van der Waals surface area contributed by atoms with Gasteiger partial charge in [-0.1, -0.05) is 12.1 Å². The van der Waals surface area contributed by atoms with Crippen LogP contribution in [0.5, 0.6) is 5.88 Å². The zero-order chi connectivity index (χ0) is 13.4. The minimum absolute atomic E-state index is 0.0787. The van der Waals surface area contributed by atoms with Crippen molar-refractivity contribution in [2.24, 2.45) is 5.73 Å². The van der Waals surface area contributed by atoms with Crippen LogP contribution in [0.15, 0.2) is 18.2 Å². The van der Waals surface area contributed by atoms with Crippen molar-refractivity contribution in [2.75, 3.05) is 6.61 Å². The molecule has 1 aromatic carbocycles. The highest BCUT2D eigenvalue weighted by atomic mass is 16.5. The van der Waals surface area contributed by atoms with Gasteiger partial charge in [-0.3, -0.25) is 5.41 Å². The lowest BCUT2D eigenvalue weighted by atomic mass is 10.1. The van der Waals surface area contributed by atoms with Gasteiger partial charge in [0.2, 0.25) is 5.88 Å². The van der Waals surface area contributed by atoms with Crippen LogP contribution in [0.3, 0.4) is 0 Å². The summed E-state index contributed by atoms with van der Waals surface area (Å²) in [4.78, 5) is 0. The topological polar surface area (TPSA) is 97.2 Å². The zero-order valence-electron chi connectivity index (χ0n) is 10.5. The van der Waals surface area contributed by atoms with Crippen molar-refractivity contribution in [3.8, 4) is 5.88 Å². The Bertz CT molecular complexity index is 629. The molecular weight excluding hydrogens is 244 g/mol. The molecule has 3 rings (SSSR count). The van der Waals surface area contributed by atoms with Gasteiger partial charge in [0.05, 0.1) is 10.9 Å². The molecule has 0 spiro atoms. The number of ether oxygens (including phenoxy) is 1. The fourth-order valence-electron chi connectivity index (χ4n) is 2.53. The summed E-state index contributed by atoms with van der Waals surface area (Å²) in [6, 6.07) is 5.37. The second-order valence-electron chi connectivity index (χ2n) is 4.70. The van der Waals surface area contributed by atoms with E-state index in [4.69, 9.17) is 15.9 Å². The highest BCUT2D eigenvalue weighted by Gasteiger charge is 2.22. The van der Waals surface area contributed by atoms with Crippen LogP contribution in [0, 0.1) is 5.41 Å². The molecule has 0 aliphatic carbocycles. The van der Waals surface area contributed by atoms with E-state index in [1.54, 1.807) is 16.8 Å². The Balaban J connectivity index is 2.16. The highest BCUT2D eigenvalue weighted by molar-refractivity contribution is 6.08. The van der Waals surface area contributed by atoms with Crippen LogP contribution in [0.25, 0.3) is 10.9 Å². The summed E-state index contributed by atoms with van der Waals surface area (Å²) in [5.74, 6) is -0.181. The number of nitrogens with two attached hydrogens (primary N) is 1. The first-order chi connectivity index (χ1) is 9.18. The summed E-state index contributed by atoms with van der Waals surface area (Å²) in [5, 5.41) is 22.2. The van der Waals surface area contributed by atoms with E-state index in [0.29, 0.717) is 17.6 Å². The second kappa shape index (κ2) is 4.55. The van der Waals surface area contributed by atoms with Crippen LogP contribution < -0.4 is 5.73 Å². The second-order valence-corrected chi connectivity index (χ2v) is 4.70. The average molecular weight is 260 g/mol. The number of rotatable bonds is 2. The Kier molecular flexibility index (Phi) is 2.87. The molecule has 1 fully saturated rings. The smallest absolute Gasteiger partial charge is 0.239 e. The van der Waals surface area contributed by atoms with Gasteiger partial charge in [0.15, 0.2) is 6.23 Å². The SMILES string of the molecule is N=C(N)c1cccc2c1c(O)nn2C1CCCCO1. The van der Waals surface area contributed by atoms with Gasteiger partial charge >= 0.3 is 0 Å². The number of hydrogen-bond acceptors (Lipinski definition) is 4. The molecule has 0 radical (unpaired) electrons. The number of nitrogens with one attached hydrogen (secondary N) is 1. The van der Waals surface area contributed by atoms with Gasteiger partial charge in [-0.2, -0.15) is 0 Å². The van der Waals surface area contributed by atoms with E-state index < -0.39 is 0 Å². The summed E-state index contributed by atoms with van der Waals surface area (Å²) in [7, 11) is 0. The maximum Gasteiger partial charge on any atom is 0.239 e. The Morgan fingerprint density at radius 2 is 2.32 bits per heavy atom. The molecule has 2 aromatic rings. The number of aromatic hydroxyl groups is 1. The Hall–Kier alpha value is -2.08. The first-order valence-corrected chi connectivity index (χ1v) is 6.34. The van der Waals surface area contributed by atoms with E-state index in [2.05, 4.69) is 5.10 Å². The fourth-order valence-corrected chi connectivity index (χ4v) is 2.53. The Morgan fingerprint density at radius 3 is 3.00 bits per heavy atom. The first kappa shape index (κ1) is 12.0. The standard InChI is InChI=1S/C13H16N4O2/c14-12(15)8-4-3-5-9-11(8)13(18)16-17(9)10-6-1-2-7-19-10/h3-5,10H,1-2,6-7H2,(H3,14,15)(H,16,18). The van der Waals surface area contributed by atoms with Gasteiger partial charge in [-0.25, -0.2) is 4.68 Å². The van der Waals surface area contributed by atoms with E-state index in [9.17, 15) is 5.11 Å². The molecular formula is C13H16N4O2. The van der Waals surface area contributed by atoms with Crippen molar-refractivity contribution in [2.45, 2.75) is 25.5 Å². The van der Waals surface area contributed by atoms with Crippen LogP contribution >= 0.6 is 0 Å². The minimum atomic E-state index is -0.153. The predicted molar refractivity (Wildman–Crippen MR) is 71.3 cm³/mol. The molecule has 1 atom stereocenters. The van der Waals surface area contributed by atoms with E-state index in [-0.39, 0.29) is 17.9 Å². The van der Waals surface area contributed by atoms with E-state index in [1.807, 2.05) is 6.07 Å². The van der Waals surface area contributed by atoms with Gasteiger partial charge in [0.25, 0.3) is 0 Å². The lowest BCUT2D eigenvalue weighted by Crippen LogP contribution is -2.19. The van der Waals surface area contributed by atoms with E-state index in [0.717, 1.165) is 24.8 Å². The number of hydrogen-bond donors (Lipinski definition) is 3. The molecule has 4 N–H and O–H groups in total. The van der Waals surface area contributed by atoms with Crippen molar-refractivity contribution < 1.29 is 9.84 Å². The van der Waals surface area contributed by atoms with Gasteiger partial charge in [-0.05, 0) is 25.3 Å². The molecule has 1 aromatic heterocycles. The number of fused-ring (bicyclic) bond motifs is 1. The molecule has 0 saturated carbocycles. The number of benzene rings is 1. The van der Waals surface area contributed by atoms with Gasteiger partial charge in [0, 0.05) is 12.2 Å². The summed E-state index contributed by atoms with van der Waals surface area (Å²) in [5.41, 5.74) is 6.78. The van der Waals surface area contributed by atoms with E-state index >= 15 is 0 Å². The molecule has 6 heteroatoms. The van der Waals surface area contributed by atoms with Crippen molar-refractivity contribution in [3.63, 3.8) is 0 Å². The molecule has 1 aliphatic heterocycles. The average Bonchev–Trinajstić information content (AvgIpc) is 2.77. The monoisotopic (exact) mass is 260 g/mol. The van der Waals surface area contributed by atoms with Crippen molar-refractivity contribution in [1.82, 2.24) is 9.78 Å².